The van der Waals surface area contributed by atoms with Gasteiger partial charge in [-0.1, -0.05) is 25.0 Å². The standard InChI is InChI=1S/C34H36F2N4O5/c1-20-28-27(31(42)45-29(20)24-15-23(41)14-21-6-4-7-25(36)26(21)24)30(39-12-13-44-34(18-39)9-2-3-10-34)38-32(37-28)43-19-33-8-5-11-40(33)17-22(35)16-33/h4,6-7,14-15,22,41H,2-3,5,8-13,16-19H2,1H3/t22-,33+/m1/s1. The highest BCUT2D eigenvalue weighted by molar-refractivity contribution is 6.00. The van der Waals surface area contributed by atoms with E-state index in [4.69, 9.17) is 23.9 Å². The first kappa shape index (κ1) is 28.6. The van der Waals surface area contributed by atoms with Gasteiger partial charge in [-0.05, 0) is 62.7 Å². The van der Waals surface area contributed by atoms with Crippen LogP contribution in [0.1, 0.15) is 50.5 Å². The van der Waals surface area contributed by atoms with Crippen molar-refractivity contribution >= 4 is 27.5 Å². The van der Waals surface area contributed by atoms with Gasteiger partial charge < -0.3 is 23.9 Å². The Morgan fingerprint density at radius 2 is 1.96 bits per heavy atom. The Morgan fingerprint density at radius 3 is 2.80 bits per heavy atom. The van der Waals surface area contributed by atoms with Crippen LogP contribution in [0.2, 0.25) is 0 Å². The number of hydrogen-bond acceptors (Lipinski definition) is 9. The van der Waals surface area contributed by atoms with E-state index >= 15 is 4.39 Å². The summed E-state index contributed by atoms with van der Waals surface area (Å²) in [5.74, 6) is -0.0679. The van der Waals surface area contributed by atoms with Gasteiger partial charge in [0.15, 0.2) is 5.82 Å². The van der Waals surface area contributed by atoms with Gasteiger partial charge in [-0.2, -0.15) is 9.97 Å². The molecule has 3 aliphatic heterocycles. The molecule has 1 spiro atoms. The van der Waals surface area contributed by atoms with Crippen molar-refractivity contribution in [3.8, 4) is 23.1 Å². The third-order valence-electron chi connectivity index (χ3n) is 10.4. The Bertz CT molecular complexity index is 1880. The summed E-state index contributed by atoms with van der Waals surface area (Å²) in [6, 6.07) is 7.55. The van der Waals surface area contributed by atoms with Gasteiger partial charge in [0.1, 0.15) is 35.5 Å². The number of phenolic OH excluding ortho intramolecular Hbond substituents is 1. The minimum absolute atomic E-state index is 0.0871. The Labute approximate surface area is 258 Å². The number of alkyl halides is 1. The number of halogens is 2. The fraction of sp³-hybridized carbons (Fsp3) is 0.500. The van der Waals surface area contributed by atoms with Crippen LogP contribution in [-0.2, 0) is 4.74 Å². The van der Waals surface area contributed by atoms with E-state index in [1.807, 2.05) is 0 Å². The average molecular weight is 619 g/mol. The molecule has 0 unspecified atom stereocenters. The summed E-state index contributed by atoms with van der Waals surface area (Å²) in [6.45, 7) is 4.83. The predicted molar refractivity (Wildman–Crippen MR) is 165 cm³/mol. The van der Waals surface area contributed by atoms with Gasteiger partial charge in [0.25, 0.3) is 0 Å². The normalized spacial score (nSPS) is 24.7. The molecule has 2 aromatic carbocycles. The Balaban J connectivity index is 1.29. The Hall–Kier alpha value is -3.83. The molecule has 1 saturated carbocycles. The monoisotopic (exact) mass is 618 g/mol. The number of ether oxygens (including phenoxy) is 2. The van der Waals surface area contributed by atoms with Crippen LogP contribution in [0.5, 0.6) is 11.8 Å². The molecular weight excluding hydrogens is 582 g/mol. The van der Waals surface area contributed by atoms with Crippen LogP contribution in [0, 0.1) is 12.7 Å². The van der Waals surface area contributed by atoms with Crippen molar-refractivity contribution in [2.45, 2.75) is 69.2 Å². The average Bonchev–Trinajstić information content (AvgIpc) is 3.71. The number of rotatable bonds is 5. The van der Waals surface area contributed by atoms with Crippen LogP contribution in [-0.4, -0.2) is 76.7 Å². The molecule has 4 fully saturated rings. The molecule has 4 aliphatic rings. The molecule has 1 aliphatic carbocycles. The number of benzene rings is 2. The number of aryl methyl sites for hydroxylation is 1. The molecule has 3 saturated heterocycles. The summed E-state index contributed by atoms with van der Waals surface area (Å²) in [5, 5.41) is 11.4. The number of fused-ring (bicyclic) bond motifs is 3. The van der Waals surface area contributed by atoms with Crippen molar-refractivity contribution in [1.29, 1.82) is 0 Å². The topological polar surface area (TPSA) is 101 Å². The van der Waals surface area contributed by atoms with Gasteiger partial charge in [0.2, 0.25) is 0 Å². The number of hydrogen-bond donors (Lipinski definition) is 1. The second-order valence-electron chi connectivity index (χ2n) is 13.3. The smallest absolute Gasteiger partial charge is 0.349 e. The lowest BCUT2D eigenvalue weighted by Crippen LogP contribution is -2.51. The summed E-state index contributed by atoms with van der Waals surface area (Å²) in [7, 11) is 0. The lowest BCUT2D eigenvalue weighted by Gasteiger charge is -2.41. The van der Waals surface area contributed by atoms with Gasteiger partial charge >= 0.3 is 11.6 Å². The van der Waals surface area contributed by atoms with Gasteiger partial charge in [0.05, 0.1) is 23.3 Å². The number of phenols is 1. The van der Waals surface area contributed by atoms with Crippen LogP contribution in [0.25, 0.3) is 33.0 Å². The first-order valence-electron chi connectivity index (χ1n) is 15.9. The SMILES string of the molecule is Cc1c(-c2cc(O)cc3cccc(F)c23)oc(=O)c2c(N3CCOC4(CCCC4)C3)nc(OC[C@@]34CCCN3C[C@H](F)C4)nc12. The van der Waals surface area contributed by atoms with Crippen LogP contribution in [0.3, 0.4) is 0 Å². The van der Waals surface area contributed by atoms with Crippen molar-refractivity contribution in [2.75, 3.05) is 44.3 Å². The van der Waals surface area contributed by atoms with Gasteiger partial charge in [-0.25, -0.2) is 13.6 Å². The fourth-order valence-corrected chi connectivity index (χ4v) is 8.31. The quantitative estimate of drug-likeness (QED) is 0.304. The zero-order valence-corrected chi connectivity index (χ0v) is 25.3. The molecule has 2 atom stereocenters. The number of aromatic nitrogens is 2. The van der Waals surface area contributed by atoms with Gasteiger partial charge in [0, 0.05) is 42.6 Å². The summed E-state index contributed by atoms with van der Waals surface area (Å²) < 4.78 is 48.3. The summed E-state index contributed by atoms with van der Waals surface area (Å²) in [4.78, 5) is 27.7. The second kappa shape index (κ2) is 10.6. The van der Waals surface area contributed by atoms with Crippen molar-refractivity contribution in [3.63, 3.8) is 0 Å². The maximum atomic E-state index is 15.2. The van der Waals surface area contributed by atoms with E-state index in [0.717, 1.165) is 45.1 Å². The summed E-state index contributed by atoms with van der Waals surface area (Å²) >= 11 is 0. The minimum Gasteiger partial charge on any atom is -0.508 e. The Kier molecular flexibility index (Phi) is 6.76. The third-order valence-corrected chi connectivity index (χ3v) is 10.4. The lowest BCUT2D eigenvalue weighted by molar-refractivity contribution is -0.0503. The van der Waals surface area contributed by atoms with Crippen LogP contribution in [0.15, 0.2) is 39.5 Å². The maximum absolute atomic E-state index is 15.2. The third kappa shape index (κ3) is 4.74. The fourth-order valence-electron chi connectivity index (χ4n) is 8.31. The van der Waals surface area contributed by atoms with Crippen molar-refractivity contribution in [2.24, 2.45) is 0 Å². The molecule has 9 nitrogen and oxygen atoms in total. The zero-order chi connectivity index (χ0) is 30.9. The van der Waals surface area contributed by atoms with Crippen LogP contribution >= 0.6 is 0 Å². The number of nitrogens with zero attached hydrogens (tertiary/aromatic N) is 4. The molecule has 2 aromatic heterocycles. The van der Waals surface area contributed by atoms with E-state index in [1.165, 1.54) is 18.2 Å². The first-order valence-corrected chi connectivity index (χ1v) is 15.9. The number of morpholine rings is 1. The molecule has 0 amide bonds. The molecular formula is C34H36F2N4O5. The molecule has 4 aromatic rings. The highest BCUT2D eigenvalue weighted by Crippen LogP contribution is 2.43. The van der Waals surface area contributed by atoms with Gasteiger partial charge in [-0.15, -0.1) is 0 Å². The van der Waals surface area contributed by atoms with E-state index in [9.17, 15) is 14.3 Å². The van der Waals surface area contributed by atoms with E-state index in [0.29, 0.717) is 54.9 Å². The zero-order valence-electron chi connectivity index (χ0n) is 25.3. The molecule has 0 bridgehead atoms. The maximum Gasteiger partial charge on any atom is 0.349 e. The van der Waals surface area contributed by atoms with Crippen LogP contribution < -0.4 is 15.3 Å². The Morgan fingerprint density at radius 1 is 1.11 bits per heavy atom. The molecule has 0 radical (unpaired) electrons. The predicted octanol–water partition coefficient (Wildman–Crippen LogP) is 5.66. The second-order valence-corrected chi connectivity index (χ2v) is 13.3. The first-order chi connectivity index (χ1) is 21.7. The van der Waals surface area contributed by atoms with E-state index in [-0.39, 0.29) is 46.1 Å². The molecule has 11 heteroatoms. The molecule has 5 heterocycles. The number of anilines is 1. The van der Waals surface area contributed by atoms with Crippen molar-refractivity contribution in [3.05, 3.63) is 52.1 Å². The van der Waals surface area contributed by atoms with E-state index < -0.39 is 23.2 Å². The minimum atomic E-state index is -0.898. The molecule has 8 rings (SSSR count). The molecule has 236 valence electrons. The molecule has 1 N–H and O–H groups in total. The number of aromatic hydroxyl groups is 1. The van der Waals surface area contributed by atoms with Crippen molar-refractivity contribution in [1.82, 2.24) is 14.9 Å². The highest BCUT2D eigenvalue weighted by Gasteiger charge is 2.49. The summed E-state index contributed by atoms with van der Waals surface area (Å²) in [6.07, 6.45) is 5.36. The largest absolute Gasteiger partial charge is 0.508 e. The van der Waals surface area contributed by atoms with E-state index in [1.54, 1.807) is 19.1 Å². The van der Waals surface area contributed by atoms with Crippen molar-refractivity contribution < 1.29 is 27.8 Å². The van der Waals surface area contributed by atoms with E-state index in [2.05, 4.69) is 9.80 Å². The van der Waals surface area contributed by atoms with Gasteiger partial charge in [-0.3, -0.25) is 4.90 Å². The lowest BCUT2D eigenvalue weighted by atomic mass is 9.95. The summed E-state index contributed by atoms with van der Waals surface area (Å²) in [5.41, 5.74) is -0.298. The highest BCUT2D eigenvalue weighted by atomic mass is 19.1. The molecule has 45 heavy (non-hydrogen) atoms. The van der Waals surface area contributed by atoms with Crippen LogP contribution in [0.4, 0.5) is 14.6 Å².